The molecule has 1 fully saturated rings. The Labute approximate surface area is 90.6 Å². The standard InChI is InChI=1S/C11H18N2O2/c1-3-5-12-7-11(15)13-6-4-9(2)10(14)8-13/h1,9-10,12,14H,4-8H2,2H3. The lowest BCUT2D eigenvalue weighted by atomic mass is 9.96. The molecule has 2 unspecified atom stereocenters. The molecule has 2 atom stereocenters. The molecular weight excluding hydrogens is 192 g/mol. The monoisotopic (exact) mass is 210 g/mol. The zero-order valence-corrected chi connectivity index (χ0v) is 9.07. The quantitative estimate of drug-likeness (QED) is 0.485. The number of nitrogens with zero attached hydrogens (tertiary/aromatic N) is 1. The van der Waals surface area contributed by atoms with Crippen molar-refractivity contribution in [1.82, 2.24) is 10.2 Å². The van der Waals surface area contributed by atoms with Gasteiger partial charge in [-0.3, -0.25) is 10.1 Å². The topological polar surface area (TPSA) is 52.6 Å². The number of aliphatic hydroxyl groups excluding tert-OH is 1. The molecule has 1 amide bonds. The summed E-state index contributed by atoms with van der Waals surface area (Å²) in [5.41, 5.74) is 0. The van der Waals surface area contributed by atoms with Crippen molar-refractivity contribution >= 4 is 5.91 Å². The number of β-amino-alcohol motifs (C(OH)–C–C–N with tert-alkyl or cyclic N) is 1. The molecule has 1 aliphatic rings. The summed E-state index contributed by atoms with van der Waals surface area (Å²) < 4.78 is 0. The molecule has 4 nitrogen and oxygen atoms in total. The molecule has 1 aliphatic heterocycles. The average Bonchev–Trinajstić information content (AvgIpc) is 2.22. The number of carbonyl (C=O) groups is 1. The van der Waals surface area contributed by atoms with Gasteiger partial charge in [0.25, 0.3) is 0 Å². The van der Waals surface area contributed by atoms with Crippen molar-refractivity contribution in [2.45, 2.75) is 19.4 Å². The maximum absolute atomic E-state index is 11.6. The summed E-state index contributed by atoms with van der Waals surface area (Å²) in [6, 6.07) is 0. The van der Waals surface area contributed by atoms with Crippen LogP contribution in [0.2, 0.25) is 0 Å². The van der Waals surface area contributed by atoms with E-state index in [1.165, 1.54) is 0 Å². The fraction of sp³-hybridized carbons (Fsp3) is 0.727. The van der Waals surface area contributed by atoms with Crippen molar-refractivity contribution in [3.63, 3.8) is 0 Å². The highest BCUT2D eigenvalue weighted by molar-refractivity contribution is 5.78. The lowest BCUT2D eigenvalue weighted by Crippen LogP contribution is -2.48. The van der Waals surface area contributed by atoms with Crippen molar-refractivity contribution in [3.8, 4) is 12.3 Å². The Morgan fingerprint density at radius 1 is 1.73 bits per heavy atom. The molecule has 0 aromatic carbocycles. The van der Waals surface area contributed by atoms with Gasteiger partial charge in [0, 0.05) is 13.1 Å². The van der Waals surface area contributed by atoms with Crippen molar-refractivity contribution in [1.29, 1.82) is 0 Å². The first kappa shape index (κ1) is 12.0. The van der Waals surface area contributed by atoms with Crippen LogP contribution in [0.15, 0.2) is 0 Å². The third-order valence-electron chi connectivity index (χ3n) is 2.77. The Bertz CT molecular complexity index is 260. The predicted molar refractivity (Wildman–Crippen MR) is 58.1 cm³/mol. The summed E-state index contributed by atoms with van der Waals surface area (Å²) in [6.07, 6.45) is 5.53. The van der Waals surface area contributed by atoms with Gasteiger partial charge in [-0.1, -0.05) is 12.8 Å². The third-order valence-corrected chi connectivity index (χ3v) is 2.77. The number of terminal acetylenes is 1. The Balaban J connectivity index is 2.31. The Morgan fingerprint density at radius 2 is 2.47 bits per heavy atom. The summed E-state index contributed by atoms with van der Waals surface area (Å²) in [4.78, 5) is 13.3. The van der Waals surface area contributed by atoms with Crippen LogP contribution in [-0.2, 0) is 4.79 Å². The van der Waals surface area contributed by atoms with Gasteiger partial charge in [0.1, 0.15) is 0 Å². The number of carbonyl (C=O) groups excluding carboxylic acids is 1. The molecule has 0 radical (unpaired) electrons. The summed E-state index contributed by atoms with van der Waals surface area (Å²) >= 11 is 0. The highest BCUT2D eigenvalue weighted by Crippen LogP contribution is 2.16. The first-order valence-corrected chi connectivity index (χ1v) is 5.25. The van der Waals surface area contributed by atoms with Crippen LogP contribution in [0.25, 0.3) is 0 Å². The van der Waals surface area contributed by atoms with Gasteiger partial charge in [0.15, 0.2) is 0 Å². The lowest BCUT2D eigenvalue weighted by molar-refractivity contribution is -0.134. The second kappa shape index (κ2) is 5.74. The summed E-state index contributed by atoms with van der Waals surface area (Å²) in [5.74, 6) is 2.71. The number of amides is 1. The van der Waals surface area contributed by atoms with E-state index in [0.717, 1.165) is 13.0 Å². The van der Waals surface area contributed by atoms with Crippen molar-refractivity contribution in [3.05, 3.63) is 0 Å². The SMILES string of the molecule is C#CCNCC(=O)N1CCC(C)C(O)C1. The van der Waals surface area contributed by atoms with Gasteiger partial charge in [-0.15, -0.1) is 6.42 Å². The van der Waals surface area contributed by atoms with E-state index in [-0.39, 0.29) is 18.4 Å². The van der Waals surface area contributed by atoms with Crippen molar-refractivity contribution in [2.24, 2.45) is 5.92 Å². The average molecular weight is 210 g/mol. The molecule has 1 rings (SSSR count). The number of rotatable bonds is 3. The van der Waals surface area contributed by atoms with Crippen LogP contribution in [0.3, 0.4) is 0 Å². The van der Waals surface area contributed by atoms with Crippen LogP contribution >= 0.6 is 0 Å². The minimum atomic E-state index is -0.393. The number of likely N-dealkylation sites (tertiary alicyclic amines) is 1. The van der Waals surface area contributed by atoms with Crippen LogP contribution in [0.5, 0.6) is 0 Å². The van der Waals surface area contributed by atoms with Crippen LogP contribution < -0.4 is 5.32 Å². The number of hydrogen-bond acceptors (Lipinski definition) is 3. The molecule has 0 aromatic rings. The van der Waals surface area contributed by atoms with Crippen LogP contribution in [0.1, 0.15) is 13.3 Å². The first-order valence-electron chi connectivity index (χ1n) is 5.25. The van der Waals surface area contributed by atoms with E-state index in [0.29, 0.717) is 13.1 Å². The molecule has 84 valence electrons. The Kier molecular flexibility index (Phi) is 4.60. The summed E-state index contributed by atoms with van der Waals surface area (Å²) in [6.45, 7) is 3.83. The molecular formula is C11H18N2O2. The van der Waals surface area contributed by atoms with E-state index in [2.05, 4.69) is 11.2 Å². The highest BCUT2D eigenvalue weighted by atomic mass is 16.3. The molecule has 1 saturated heterocycles. The van der Waals surface area contributed by atoms with Gasteiger partial charge in [-0.05, 0) is 12.3 Å². The van der Waals surface area contributed by atoms with Crippen LogP contribution in [0, 0.1) is 18.3 Å². The maximum Gasteiger partial charge on any atom is 0.236 e. The summed E-state index contributed by atoms with van der Waals surface area (Å²) in [5, 5.41) is 12.5. The summed E-state index contributed by atoms with van der Waals surface area (Å²) in [7, 11) is 0. The van der Waals surface area contributed by atoms with Crippen LogP contribution in [0.4, 0.5) is 0 Å². The van der Waals surface area contributed by atoms with Gasteiger partial charge in [-0.2, -0.15) is 0 Å². The molecule has 0 aliphatic carbocycles. The second-order valence-corrected chi connectivity index (χ2v) is 3.98. The van der Waals surface area contributed by atoms with Gasteiger partial charge < -0.3 is 10.0 Å². The minimum Gasteiger partial charge on any atom is -0.391 e. The Hall–Kier alpha value is -1.05. The van der Waals surface area contributed by atoms with Gasteiger partial charge in [0.05, 0.1) is 19.2 Å². The molecule has 0 bridgehead atoms. The Morgan fingerprint density at radius 3 is 3.07 bits per heavy atom. The number of aliphatic hydroxyl groups is 1. The minimum absolute atomic E-state index is 0.0104. The largest absolute Gasteiger partial charge is 0.391 e. The number of nitrogens with one attached hydrogen (secondary N) is 1. The van der Waals surface area contributed by atoms with Crippen molar-refractivity contribution < 1.29 is 9.90 Å². The predicted octanol–water partition coefficient (Wildman–Crippen LogP) is -0.562. The second-order valence-electron chi connectivity index (χ2n) is 3.98. The molecule has 0 saturated carbocycles. The normalized spacial score (nSPS) is 26.1. The first-order chi connectivity index (χ1) is 7.15. The zero-order valence-electron chi connectivity index (χ0n) is 9.07. The fourth-order valence-electron chi connectivity index (χ4n) is 1.63. The maximum atomic E-state index is 11.6. The lowest BCUT2D eigenvalue weighted by Gasteiger charge is -2.34. The van der Waals surface area contributed by atoms with E-state index in [1.54, 1.807) is 4.90 Å². The van der Waals surface area contributed by atoms with E-state index in [4.69, 9.17) is 6.42 Å². The number of piperidine rings is 1. The van der Waals surface area contributed by atoms with Crippen molar-refractivity contribution in [2.75, 3.05) is 26.2 Å². The molecule has 0 spiro atoms. The fourth-order valence-corrected chi connectivity index (χ4v) is 1.63. The molecule has 1 heterocycles. The van der Waals surface area contributed by atoms with E-state index >= 15 is 0 Å². The molecule has 0 aromatic heterocycles. The van der Waals surface area contributed by atoms with Gasteiger partial charge in [0.2, 0.25) is 5.91 Å². The molecule has 15 heavy (non-hydrogen) atoms. The third kappa shape index (κ3) is 3.54. The zero-order chi connectivity index (χ0) is 11.3. The van der Waals surface area contributed by atoms with E-state index in [9.17, 15) is 9.90 Å². The van der Waals surface area contributed by atoms with Crippen LogP contribution in [-0.4, -0.2) is 48.2 Å². The molecule has 4 heteroatoms. The highest BCUT2D eigenvalue weighted by Gasteiger charge is 2.26. The van der Waals surface area contributed by atoms with Gasteiger partial charge in [-0.25, -0.2) is 0 Å². The molecule has 2 N–H and O–H groups in total. The van der Waals surface area contributed by atoms with E-state index < -0.39 is 6.10 Å². The number of hydrogen-bond donors (Lipinski definition) is 2. The van der Waals surface area contributed by atoms with Gasteiger partial charge >= 0.3 is 0 Å². The smallest absolute Gasteiger partial charge is 0.236 e. The van der Waals surface area contributed by atoms with E-state index in [1.807, 2.05) is 6.92 Å².